The predicted octanol–water partition coefficient (Wildman–Crippen LogP) is 1.70. The Bertz CT molecular complexity index is 506. The van der Waals surface area contributed by atoms with E-state index in [-0.39, 0.29) is 5.75 Å². The lowest BCUT2D eigenvalue weighted by atomic mass is 10.1. The number of anilines is 2. The van der Waals surface area contributed by atoms with Crippen LogP contribution in [0.4, 0.5) is 11.5 Å². The standard InChI is InChI=1S/C11H13N3O2/c1-14(2)7-3-4-9(15)8(5-7)10-6-11(12)13-16-10/h3-6,15H,1-2H3,(H2,12,13). The van der Waals surface area contributed by atoms with Crippen molar-refractivity contribution in [2.45, 2.75) is 0 Å². The predicted molar refractivity (Wildman–Crippen MR) is 62.3 cm³/mol. The van der Waals surface area contributed by atoms with Gasteiger partial charge in [-0.3, -0.25) is 0 Å². The molecule has 2 aromatic rings. The van der Waals surface area contributed by atoms with Gasteiger partial charge in [-0.1, -0.05) is 5.16 Å². The van der Waals surface area contributed by atoms with Gasteiger partial charge in [0.1, 0.15) is 5.75 Å². The van der Waals surface area contributed by atoms with E-state index in [0.717, 1.165) is 5.69 Å². The Hall–Kier alpha value is -2.17. The third-order valence-corrected chi connectivity index (χ3v) is 2.29. The number of nitrogens with two attached hydrogens (primary N) is 1. The zero-order valence-electron chi connectivity index (χ0n) is 9.14. The maximum atomic E-state index is 9.73. The first-order valence-corrected chi connectivity index (χ1v) is 4.81. The highest BCUT2D eigenvalue weighted by Crippen LogP contribution is 2.33. The van der Waals surface area contributed by atoms with E-state index in [9.17, 15) is 5.11 Å². The van der Waals surface area contributed by atoms with Crippen molar-refractivity contribution in [1.29, 1.82) is 0 Å². The molecule has 0 saturated carbocycles. The first-order chi connectivity index (χ1) is 7.58. The molecule has 5 heteroatoms. The Morgan fingerprint density at radius 1 is 1.31 bits per heavy atom. The maximum Gasteiger partial charge on any atom is 0.172 e. The summed E-state index contributed by atoms with van der Waals surface area (Å²) in [7, 11) is 3.84. The number of aromatic hydroxyl groups is 1. The number of hydrogen-bond donors (Lipinski definition) is 2. The minimum absolute atomic E-state index is 0.141. The maximum absolute atomic E-state index is 9.73. The average Bonchev–Trinajstić information content (AvgIpc) is 2.65. The molecule has 16 heavy (non-hydrogen) atoms. The molecule has 2 rings (SSSR count). The van der Waals surface area contributed by atoms with Crippen molar-refractivity contribution in [3.63, 3.8) is 0 Å². The summed E-state index contributed by atoms with van der Waals surface area (Å²) >= 11 is 0. The monoisotopic (exact) mass is 219 g/mol. The van der Waals surface area contributed by atoms with E-state index < -0.39 is 0 Å². The van der Waals surface area contributed by atoms with Gasteiger partial charge in [-0.05, 0) is 18.2 Å². The lowest BCUT2D eigenvalue weighted by Gasteiger charge is -2.13. The number of aromatic nitrogens is 1. The first kappa shape index (κ1) is 10.4. The molecule has 1 aromatic heterocycles. The van der Waals surface area contributed by atoms with Gasteiger partial charge >= 0.3 is 0 Å². The van der Waals surface area contributed by atoms with Crippen LogP contribution in [0.25, 0.3) is 11.3 Å². The van der Waals surface area contributed by atoms with Crippen LogP contribution in [0.15, 0.2) is 28.8 Å². The van der Waals surface area contributed by atoms with Crippen LogP contribution in [-0.4, -0.2) is 24.4 Å². The number of nitrogens with zero attached hydrogens (tertiary/aromatic N) is 2. The van der Waals surface area contributed by atoms with Crippen LogP contribution in [0.5, 0.6) is 5.75 Å². The van der Waals surface area contributed by atoms with E-state index in [0.29, 0.717) is 17.1 Å². The van der Waals surface area contributed by atoms with Gasteiger partial charge in [-0.15, -0.1) is 0 Å². The van der Waals surface area contributed by atoms with E-state index >= 15 is 0 Å². The first-order valence-electron chi connectivity index (χ1n) is 4.81. The summed E-state index contributed by atoms with van der Waals surface area (Å²) in [5.74, 6) is 0.894. The lowest BCUT2D eigenvalue weighted by molar-refractivity contribution is 0.429. The number of phenolic OH excluding ortho intramolecular Hbond substituents is 1. The van der Waals surface area contributed by atoms with E-state index in [1.807, 2.05) is 31.1 Å². The van der Waals surface area contributed by atoms with Crippen LogP contribution < -0.4 is 10.6 Å². The SMILES string of the molecule is CN(C)c1ccc(O)c(-c2cc(N)no2)c1. The number of hydrogen-bond acceptors (Lipinski definition) is 5. The van der Waals surface area contributed by atoms with Crippen LogP contribution in [0.3, 0.4) is 0 Å². The molecule has 0 spiro atoms. The second-order valence-electron chi connectivity index (χ2n) is 3.71. The molecule has 0 aliphatic heterocycles. The highest BCUT2D eigenvalue weighted by Gasteiger charge is 2.11. The van der Waals surface area contributed by atoms with Gasteiger partial charge < -0.3 is 20.3 Å². The Kier molecular flexibility index (Phi) is 2.44. The Balaban J connectivity index is 2.51. The molecule has 1 heterocycles. The molecule has 0 aliphatic carbocycles. The Morgan fingerprint density at radius 2 is 2.06 bits per heavy atom. The van der Waals surface area contributed by atoms with Crippen molar-refractivity contribution >= 4 is 11.5 Å². The molecule has 0 aliphatic rings. The lowest BCUT2D eigenvalue weighted by Crippen LogP contribution is -2.08. The van der Waals surface area contributed by atoms with Gasteiger partial charge in [0.15, 0.2) is 11.6 Å². The quantitative estimate of drug-likeness (QED) is 0.803. The summed E-state index contributed by atoms with van der Waals surface area (Å²) in [4.78, 5) is 1.93. The van der Waals surface area contributed by atoms with Crippen molar-refractivity contribution in [1.82, 2.24) is 5.16 Å². The fraction of sp³-hybridized carbons (Fsp3) is 0.182. The van der Waals surface area contributed by atoms with E-state index in [4.69, 9.17) is 10.3 Å². The summed E-state index contributed by atoms with van der Waals surface area (Å²) in [6.45, 7) is 0. The molecule has 0 unspecified atom stereocenters. The van der Waals surface area contributed by atoms with Crippen LogP contribution >= 0.6 is 0 Å². The molecule has 0 atom stereocenters. The second-order valence-corrected chi connectivity index (χ2v) is 3.71. The fourth-order valence-electron chi connectivity index (χ4n) is 1.42. The normalized spacial score (nSPS) is 10.4. The summed E-state index contributed by atoms with van der Waals surface area (Å²) in [5.41, 5.74) is 7.01. The third-order valence-electron chi connectivity index (χ3n) is 2.29. The van der Waals surface area contributed by atoms with Gasteiger partial charge in [0.25, 0.3) is 0 Å². The summed E-state index contributed by atoms with van der Waals surface area (Å²) < 4.78 is 5.01. The highest BCUT2D eigenvalue weighted by molar-refractivity contribution is 5.71. The molecule has 5 nitrogen and oxygen atoms in total. The molecule has 0 saturated heterocycles. The Morgan fingerprint density at radius 3 is 2.62 bits per heavy atom. The van der Waals surface area contributed by atoms with Crippen LogP contribution in [-0.2, 0) is 0 Å². The van der Waals surface area contributed by atoms with Crippen molar-refractivity contribution in [2.75, 3.05) is 24.7 Å². The van der Waals surface area contributed by atoms with Crippen LogP contribution in [0.1, 0.15) is 0 Å². The van der Waals surface area contributed by atoms with Crippen LogP contribution in [0, 0.1) is 0 Å². The van der Waals surface area contributed by atoms with Crippen molar-refractivity contribution in [3.8, 4) is 17.1 Å². The van der Waals surface area contributed by atoms with Gasteiger partial charge in [-0.2, -0.15) is 0 Å². The van der Waals surface area contributed by atoms with Crippen LogP contribution in [0.2, 0.25) is 0 Å². The molecular formula is C11H13N3O2. The van der Waals surface area contributed by atoms with Crippen molar-refractivity contribution in [3.05, 3.63) is 24.3 Å². The largest absolute Gasteiger partial charge is 0.507 e. The Labute approximate surface area is 93.1 Å². The average molecular weight is 219 g/mol. The van der Waals surface area contributed by atoms with Gasteiger partial charge in [0.2, 0.25) is 0 Å². The number of nitrogen functional groups attached to an aromatic ring is 1. The van der Waals surface area contributed by atoms with Crippen molar-refractivity contribution < 1.29 is 9.63 Å². The molecule has 0 amide bonds. The number of benzene rings is 1. The van der Waals surface area contributed by atoms with Crippen molar-refractivity contribution in [2.24, 2.45) is 0 Å². The number of phenols is 1. The van der Waals surface area contributed by atoms with E-state index in [1.165, 1.54) is 0 Å². The van der Waals surface area contributed by atoms with Gasteiger partial charge in [0, 0.05) is 25.8 Å². The number of rotatable bonds is 2. The minimum atomic E-state index is 0.141. The highest BCUT2D eigenvalue weighted by atomic mass is 16.5. The molecule has 0 fully saturated rings. The molecular weight excluding hydrogens is 206 g/mol. The summed E-state index contributed by atoms with van der Waals surface area (Å²) in [5, 5.41) is 13.3. The molecule has 1 aromatic carbocycles. The minimum Gasteiger partial charge on any atom is -0.507 e. The summed E-state index contributed by atoms with van der Waals surface area (Å²) in [6, 6.07) is 6.83. The topological polar surface area (TPSA) is 75.5 Å². The second kappa shape index (κ2) is 3.77. The molecule has 0 bridgehead atoms. The third kappa shape index (κ3) is 1.79. The van der Waals surface area contributed by atoms with E-state index in [1.54, 1.807) is 12.1 Å². The zero-order valence-corrected chi connectivity index (χ0v) is 9.14. The van der Waals surface area contributed by atoms with E-state index in [2.05, 4.69) is 5.16 Å². The molecule has 0 radical (unpaired) electrons. The fourth-order valence-corrected chi connectivity index (χ4v) is 1.42. The smallest absolute Gasteiger partial charge is 0.172 e. The summed E-state index contributed by atoms with van der Waals surface area (Å²) in [6.07, 6.45) is 0. The van der Waals surface area contributed by atoms with Gasteiger partial charge in [-0.25, -0.2) is 0 Å². The zero-order chi connectivity index (χ0) is 11.7. The molecule has 3 N–H and O–H groups in total. The molecule has 84 valence electrons. The van der Waals surface area contributed by atoms with Gasteiger partial charge in [0.05, 0.1) is 5.56 Å².